The number of aliphatic hydroxyl groups is 1. The van der Waals surface area contributed by atoms with Crippen LogP contribution in [-0.4, -0.2) is 20.4 Å². The van der Waals surface area contributed by atoms with Crippen LogP contribution in [0.1, 0.15) is 30.5 Å². The van der Waals surface area contributed by atoms with Crippen molar-refractivity contribution in [2.45, 2.75) is 34.6 Å². The fourth-order valence-electron chi connectivity index (χ4n) is 6.18. The number of aliphatic hydroxyl groups excluding tert-OH is 1. The Labute approximate surface area is 271 Å². The minimum absolute atomic E-state index is 0. The van der Waals surface area contributed by atoms with Gasteiger partial charge in [-0.3, -0.25) is 9.78 Å². The predicted octanol–water partition coefficient (Wildman–Crippen LogP) is 9.91. The molecule has 1 N–H and O–H groups in total. The number of nitrogens with zero attached hydrogens (tertiary/aromatic N) is 2. The Morgan fingerprint density at radius 1 is 0.773 bits per heavy atom. The Bertz CT molecular complexity index is 2210. The number of carbonyl (C=O) groups is 1. The molecule has 7 aromatic rings. The second-order valence-electron chi connectivity index (χ2n) is 11.1. The molecular formula is C39H33IrN2O2-. The minimum Gasteiger partial charge on any atom is -0.512 e. The van der Waals surface area contributed by atoms with Gasteiger partial charge in [-0.1, -0.05) is 84.1 Å². The number of pyridine rings is 1. The molecule has 4 nitrogen and oxygen atoms in total. The second kappa shape index (κ2) is 12.6. The zero-order chi connectivity index (χ0) is 30.2. The summed E-state index contributed by atoms with van der Waals surface area (Å²) in [6.45, 7) is 9.44. The van der Waals surface area contributed by atoms with E-state index in [9.17, 15) is 4.79 Å². The largest absolute Gasteiger partial charge is 0.512 e. The molecule has 0 aliphatic carbocycles. The number of hydrogen-bond donors (Lipinski definition) is 1. The number of rotatable bonds is 3. The maximum Gasteiger partial charge on any atom is 0.155 e. The van der Waals surface area contributed by atoms with Crippen LogP contribution < -0.4 is 0 Å². The van der Waals surface area contributed by atoms with Crippen molar-refractivity contribution in [1.82, 2.24) is 9.55 Å². The third-order valence-electron chi connectivity index (χ3n) is 7.86. The van der Waals surface area contributed by atoms with Crippen LogP contribution in [0, 0.1) is 26.8 Å². The van der Waals surface area contributed by atoms with E-state index >= 15 is 0 Å². The molecule has 0 saturated heterocycles. The van der Waals surface area contributed by atoms with Gasteiger partial charge >= 0.3 is 0 Å². The van der Waals surface area contributed by atoms with Crippen LogP contribution in [0.15, 0.2) is 109 Å². The Morgan fingerprint density at radius 3 is 2.18 bits per heavy atom. The molecule has 0 bridgehead atoms. The normalized spacial score (nSPS) is 11.4. The van der Waals surface area contributed by atoms with Crippen LogP contribution in [0.25, 0.3) is 60.3 Å². The molecule has 0 unspecified atom stereocenters. The van der Waals surface area contributed by atoms with Crippen molar-refractivity contribution in [2.75, 3.05) is 0 Å². The summed E-state index contributed by atoms with van der Waals surface area (Å²) in [7, 11) is 0. The third kappa shape index (κ3) is 5.57. The van der Waals surface area contributed by atoms with Crippen LogP contribution >= 0.6 is 0 Å². The number of ketones is 1. The number of para-hydroxylation sites is 2. The molecule has 2 heterocycles. The van der Waals surface area contributed by atoms with Gasteiger partial charge in [-0.15, -0.1) is 29.1 Å². The number of allylic oxidation sites excluding steroid dienone is 2. The second-order valence-corrected chi connectivity index (χ2v) is 11.1. The average Bonchev–Trinajstić information content (AvgIpc) is 3.33. The summed E-state index contributed by atoms with van der Waals surface area (Å²) in [5, 5.41) is 15.8. The van der Waals surface area contributed by atoms with Gasteiger partial charge in [0, 0.05) is 60.0 Å². The zero-order valence-corrected chi connectivity index (χ0v) is 27.8. The minimum atomic E-state index is -0.125. The van der Waals surface area contributed by atoms with E-state index in [4.69, 9.17) is 10.1 Å². The summed E-state index contributed by atoms with van der Waals surface area (Å²) >= 11 is 0. The van der Waals surface area contributed by atoms with Crippen molar-refractivity contribution < 1.29 is 30.0 Å². The fraction of sp³-hybridized carbons (Fsp3) is 0.128. The maximum atomic E-state index is 10.0. The molecule has 7 rings (SSSR count). The van der Waals surface area contributed by atoms with Crippen molar-refractivity contribution in [3.63, 3.8) is 0 Å². The monoisotopic (exact) mass is 754 g/mol. The zero-order valence-electron chi connectivity index (χ0n) is 25.4. The van der Waals surface area contributed by atoms with Gasteiger partial charge in [0.1, 0.15) is 0 Å². The quantitative estimate of drug-likeness (QED) is 0.0847. The molecule has 0 amide bonds. The Balaban J connectivity index is 0.000000433. The van der Waals surface area contributed by atoms with E-state index < -0.39 is 0 Å². The Morgan fingerprint density at radius 2 is 1.48 bits per heavy atom. The summed E-state index contributed by atoms with van der Waals surface area (Å²) in [4.78, 5) is 15.0. The predicted molar refractivity (Wildman–Crippen MR) is 179 cm³/mol. The molecular weight excluding hydrogens is 721 g/mol. The Kier molecular flexibility index (Phi) is 8.82. The van der Waals surface area contributed by atoms with Crippen molar-refractivity contribution >= 4 is 49.1 Å². The van der Waals surface area contributed by atoms with Gasteiger partial charge in [0.05, 0.1) is 11.3 Å². The first-order valence-electron chi connectivity index (χ1n) is 14.4. The SMILES string of the molecule is CC(=O)/C=C(/C)O.Cc1cc(-c2nccc3c4cccc(C)c4n(-c4ccccc4)c23)[c-]c2ccc3cccc(C)c3c12.[Ir]. The van der Waals surface area contributed by atoms with Crippen molar-refractivity contribution in [3.05, 3.63) is 132 Å². The number of hydrogen-bond acceptors (Lipinski definition) is 3. The van der Waals surface area contributed by atoms with Crippen LogP contribution in [-0.2, 0) is 24.9 Å². The standard InChI is InChI=1S/C34H25N2.C5H8O2.Ir/c1-21-9-7-11-24-15-16-25-20-26(19-23(3)31(25)30(21)24)32-34-29(17-18-35-32)28-14-8-10-22(2)33(28)36(34)27-12-5-4-6-13-27;1-4(6)3-5(2)7;/h4-19H,1-3H3;3,6H,1-2H3;/q-1;;/b;4-3-;. The molecule has 44 heavy (non-hydrogen) atoms. The van der Waals surface area contributed by atoms with E-state index in [-0.39, 0.29) is 31.6 Å². The first kappa shape index (κ1) is 30.9. The van der Waals surface area contributed by atoms with Gasteiger partial charge in [-0.05, 0) is 62.2 Å². The van der Waals surface area contributed by atoms with Crippen LogP contribution in [0.2, 0.25) is 0 Å². The van der Waals surface area contributed by atoms with Gasteiger partial charge in [0.15, 0.2) is 5.78 Å². The molecule has 1 radical (unpaired) electrons. The Hall–Kier alpha value is -4.57. The van der Waals surface area contributed by atoms with Crippen molar-refractivity contribution in [1.29, 1.82) is 0 Å². The summed E-state index contributed by atoms with van der Waals surface area (Å²) in [5.41, 5.74) is 9.27. The van der Waals surface area contributed by atoms with Gasteiger partial charge < -0.3 is 9.67 Å². The van der Waals surface area contributed by atoms with Gasteiger partial charge in [0.25, 0.3) is 0 Å². The fourth-order valence-corrected chi connectivity index (χ4v) is 6.18. The number of fused-ring (bicyclic) bond motifs is 6. The number of aryl methyl sites for hydroxylation is 3. The van der Waals surface area contributed by atoms with Gasteiger partial charge in [-0.2, -0.15) is 0 Å². The van der Waals surface area contributed by atoms with Gasteiger partial charge in [0.2, 0.25) is 0 Å². The van der Waals surface area contributed by atoms with Crippen LogP contribution in [0.5, 0.6) is 0 Å². The average molecular weight is 754 g/mol. The summed E-state index contributed by atoms with van der Waals surface area (Å²) < 4.78 is 2.38. The summed E-state index contributed by atoms with van der Waals surface area (Å²) in [6, 6.07) is 36.2. The van der Waals surface area contributed by atoms with Gasteiger partial charge in [-0.25, -0.2) is 0 Å². The first-order chi connectivity index (χ1) is 20.7. The van der Waals surface area contributed by atoms with E-state index in [1.54, 1.807) is 0 Å². The molecule has 5 aromatic carbocycles. The van der Waals surface area contributed by atoms with E-state index in [1.165, 1.54) is 69.1 Å². The topological polar surface area (TPSA) is 55.1 Å². The molecule has 0 spiro atoms. The van der Waals surface area contributed by atoms with E-state index in [1.807, 2.05) is 6.20 Å². The molecule has 5 heteroatoms. The first-order valence-corrected chi connectivity index (χ1v) is 14.4. The third-order valence-corrected chi connectivity index (χ3v) is 7.86. The van der Waals surface area contributed by atoms with E-state index in [0.717, 1.165) is 27.8 Å². The van der Waals surface area contributed by atoms with E-state index in [2.05, 4.69) is 122 Å². The molecule has 0 aliphatic rings. The summed E-state index contributed by atoms with van der Waals surface area (Å²) in [6.07, 6.45) is 3.10. The maximum absolute atomic E-state index is 10.0. The number of benzene rings is 5. The molecule has 0 saturated carbocycles. The summed E-state index contributed by atoms with van der Waals surface area (Å²) in [5.74, 6) is -0.0625. The molecule has 221 valence electrons. The molecule has 0 aliphatic heterocycles. The van der Waals surface area contributed by atoms with Crippen LogP contribution in [0.4, 0.5) is 0 Å². The van der Waals surface area contributed by atoms with E-state index in [0.29, 0.717) is 0 Å². The molecule has 0 fully saturated rings. The molecule has 2 aromatic heterocycles. The smallest absolute Gasteiger partial charge is 0.155 e. The number of aromatic nitrogens is 2. The van der Waals surface area contributed by atoms with Crippen LogP contribution in [0.3, 0.4) is 0 Å². The van der Waals surface area contributed by atoms with Crippen molar-refractivity contribution in [3.8, 4) is 16.9 Å². The number of carbonyl (C=O) groups excluding carboxylic acids is 1. The van der Waals surface area contributed by atoms with Crippen molar-refractivity contribution in [2.24, 2.45) is 0 Å². The molecule has 0 atom stereocenters.